The van der Waals surface area contributed by atoms with Crippen LogP contribution >= 0.6 is 0 Å². The first-order chi connectivity index (χ1) is 12.8. The van der Waals surface area contributed by atoms with Gasteiger partial charge in [0.25, 0.3) is 0 Å². The fourth-order valence-electron chi connectivity index (χ4n) is 2.19. The van der Waals surface area contributed by atoms with Gasteiger partial charge in [-0.05, 0) is 42.8 Å². The minimum absolute atomic E-state index is 0.0811. The summed E-state index contributed by atoms with van der Waals surface area (Å²) in [6, 6.07) is 15.7. The summed E-state index contributed by atoms with van der Waals surface area (Å²) in [7, 11) is 0. The summed E-state index contributed by atoms with van der Waals surface area (Å²) in [5.74, 6) is -2.38. The molecule has 3 rings (SSSR count). The van der Waals surface area contributed by atoms with E-state index in [2.05, 4.69) is 5.10 Å². The van der Waals surface area contributed by atoms with Crippen molar-refractivity contribution in [1.29, 1.82) is 5.26 Å². The van der Waals surface area contributed by atoms with E-state index in [1.807, 2.05) is 36.4 Å². The molecule has 1 aromatic heterocycles. The van der Waals surface area contributed by atoms with Crippen molar-refractivity contribution in [2.45, 2.75) is 6.92 Å². The minimum Gasteiger partial charge on any atom is -0.478 e. The molecular weight excluding hydrogens is 348 g/mol. The predicted molar refractivity (Wildman–Crippen MR) is 97.8 cm³/mol. The second-order valence-corrected chi connectivity index (χ2v) is 5.44. The normalized spacial score (nSPS) is 9.63. The van der Waals surface area contributed by atoms with Crippen LogP contribution in [0.2, 0.25) is 0 Å². The number of hydrogen-bond acceptors (Lipinski definition) is 5. The van der Waals surface area contributed by atoms with E-state index in [-0.39, 0.29) is 16.8 Å². The Morgan fingerprint density at radius 1 is 1.11 bits per heavy atom. The highest BCUT2D eigenvalue weighted by atomic mass is 16.4. The molecule has 8 heteroatoms. The highest BCUT2D eigenvalue weighted by molar-refractivity contribution is 5.96. The molecule has 0 fully saturated rings. The van der Waals surface area contributed by atoms with E-state index in [1.54, 1.807) is 16.9 Å². The fourth-order valence-corrected chi connectivity index (χ4v) is 2.19. The van der Waals surface area contributed by atoms with Crippen LogP contribution in [0.25, 0.3) is 5.69 Å². The lowest BCUT2D eigenvalue weighted by Gasteiger charge is -2.05. The Balaban J connectivity index is 0.000000194. The number of anilines is 1. The molecule has 136 valence electrons. The van der Waals surface area contributed by atoms with Crippen molar-refractivity contribution in [2.24, 2.45) is 0 Å². The molecule has 0 amide bonds. The molecule has 0 saturated heterocycles. The molecule has 0 radical (unpaired) electrons. The van der Waals surface area contributed by atoms with Crippen LogP contribution in [-0.4, -0.2) is 31.9 Å². The Bertz CT molecular complexity index is 1020. The lowest BCUT2D eigenvalue weighted by molar-refractivity contribution is 0.0695. The number of para-hydroxylation sites is 1. The average Bonchev–Trinajstić information content (AvgIpc) is 3.14. The van der Waals surface area contributed by atoms with Crippen LogP contribution in [0.3, 0.4) is 0 Å². The van der Waals surface area contributed by atoms with Gasteiger partial charge in [-0.25, -0.2) is 14.3 Å². The number of carboxylic acids is 2. The number of carbonyl (C=O) groups is 2. The summed E-state index contributed by atoms with van der Waals surface area (Å²) in [5.41, 5.74) is 7.21. The summed E-state index contributed by atoms with van der Waals surface area (Å²) < 4.78 is 1.68. The fraction of sp³-hybridized carbons (Fsp3) is 0.0526. The summed E-state index contributed by atoms with van der Waals surface area (Å²) in [4.78, 5) is 21.3. The average molecular weight is 364 g/mol. The Labute approximate surface area is 154 Å². The van der Waals surface area contributed by atoms with Gasteiger partial charge in [-0.3, -0.25) is 0 Å². The van der Waals surface area contributed by atoms with Gasteiger partial charge in [0.15, 0.2) is 5.69 Å². The molecule has 27 heavy (non-hydrogen) atoms. The molecule has 2 aromatic carbocycles. The maximum Gasteiger partial charge on any atom is 0.336 e. The standard InChI is InChI=1S/C10H7N3.C9H9NO4/c11-8-9-6-7-13(12-9)10-4-2-1-3-5-10;1-4-6(9(13)14)2-5(8(11)12)3-7(4)10/h1-7H;2-3H,10H2,1H3,(H,11,12)(H,13,14). The number of rotatable bonds is 3. The van der Waals surface area contributed by atoms with Crippen molar-refractivity contribution < 1.29 is 19.8 Å². The maximum atomic E-state index is 10.7. The SMILES string of the molecule is Cc1c(N)cc(C(=O)O)cc1C(=O)O.N#Cc1ccn(-c2ccccc2)n1. The zero-order valence-corrected chi connectivity index (χ0v) is 14.3. The van der Waals surface area contributed by atoms with Crippen LogP contribution in [0, 0.1) is 18.3 Å². The number of nitriles is 1. The molecular formula is C19H16N4O4. The second kappa shape index (κ2) is 8.31. The van der Waals surface area contributed by atoms with Crippen molar-refractivity contribution in [3.05, 3.63) is 77.1 Å². The van der Waals surface area contributed by atoms with Crippen LogP contribution in [0.15, 0.2) is 54.7 Å². The van der Waals surface area contributed by atoms with Crippen LogP contribution in [0.5, 0.6) is 0 Å². The highest BCUT2D eigenvalue weighted by Crippen LogP contribution is 2.19. The van der Waals surface area contributed by atoms with Gasteiger partial charge >= 0.3 is 11.9 Å². The largest absolute Gasteiger partial charge is 0.478 e. The molecule has 0 bridgehead atoms. The molecule has 0 unspecified atom stereocenters. The Morgan fingerprint density at radius 3 is 2.30 bits per heavy atom. The molecule has 0 aliphatic heterocycles. The maximum absolute atomic E-state index is 10.7. The molecule has 0 saturated carbocycles. The number of nitrogens with zero attached hydrogens (tertiary/aromatic N) is 3. The first kappa shape index (κ1) is 19.2. The summed E-state index contributed by atoms with van der Waals surface area (Å²) in [5, 5.41) is 30.0. The van der Waals surface area contributed by atoms with Crippen LogP contribution < -0.4 is 5.73 Å². The van der Waals surface area contributed by atoms with Gasteiger partial charge < -0.3 is 15.9 Å². The quantitative estimate of drug-likeness (QED) is 0.606. The number of carboxylic acid groups (broad SMARTS) is 2. The molecule has 8 nitrogen and oxygen atoms in total. The van der Waals surface area contributed by atoms with Crippen LogP contribution in [-0.2, 0) is 0 Å². The Kier molecular flexibility index (Phi) is 5.91. The lowest BCUT2D eigenvalue weighted by Crippen LogP contribution is -2.07. The third-order valence-electron chi connectivity index (χ3n) is 3.65. The number of aromatic nitrogens is 2. The number of aromatic carboxylic acids is 2. The van der Waals surface area contributed by atoms with Gasteiger partial charge in [-0.1, -0.05) is 18.2 Å². The monoisotopic (exact) mass is 364 g/mol. The van der Waals surface area contributed by atoms with E-state index in [1.165, 1.54) is 13.0 Å². The van der Waals surface area contributed by atoms with Crippen molar-refractivity contribution >= 4 is 17.6 Å². The van der Waals surface area contributed by atoms with Crippen molar-refractivity contribution in [2.75, 3.05) is 5.73 Å². The zero-order chi connectivity index (χ0) is 20.0. The summed E-state index contributed by atoms with van der Waals surface area (Å²) in [6.45, 7) is 1.53. The van der Waals surface area contributed by atoms with E-state index >= 15 is 0 Å². The molecule has 4 N–H and O–H groups in total. The number of nitrogens with two attached hydrogens (primary N) is 1. The van der Waals surface area contributed by atoms with E-state index < -0.39 is 11.9 Å². The zero-order valence-electron chi connectivity index (χ0n) is 14.3. The molecule has 0 atom stereocenters. The van der Waals surface area contributed by atoms with E-state index in [9.17, 15) is 9.59 Å². The van der Waals surface area contributed by atoms with Gasteiger partial charge in [-0.15, -0.1) is 0 Å². The summed E-state index contributed by atoms with van der Waals surface area (Å²) in [6.07, 6.45) is 1.77. The number of benzene rings is 2. The molecule has 1 heterocycles. The number of hydrogen-bond donors (Lipinski definition) is 3. The second-order valence-electron chi connectivity index (χ2n) is 5.44. The molecule has 3 aromatic rings. The molecule has 0 spiro atoms. The Hall–Kier alpha value is -4.12. The summed E-state index contributed by atoms with van der Waals surface area (Å²) >= 11 is 0. The van der Waals surface area contributed by atoms with Gasteiger partial charge in [0.05, 0.1) is 16.8 Å². The predicted octanol–water partition coefficient (Wildman–Crippen LogP) is 2.72. The van der Waals surface area contributed by atoms with Gasteiger partial charge in [0, 0.05) is 11.9 Å². The van der Waals surface area contributed by atoms with E-state index in [4.69, 9.17) is 21.2 Å². The third-order valence-corrected chi connectivity index (χ3v) is 3.65. The van der Waals surface area contributed by atoms with Crippen molar-refractivity contribution in [1.82, 2.24) is 9.78 Å². The Morgan fingerprint density at radius 2 is 1.78 bits per heavy atom. The topological polar surface area (TPSA) is 142 Å². The molecule has 0 aliphatic carbocycles. The van der Waals surface area contributed by atoms with E-state index in [0.29, 0.717) is 11.3 Å². The lowest BCUT2D eigenvalue weighted by atomic mass is 10.0. The van der Waals surface area contributed by atoms with Crippen LogP contribution in [0.4, 0.5) is 5.69 Å². The highest BCUT2D eigenvalue weighted by Gasteiger charge is 2.14. The van der Waals surface area contributed by atoms with Gasteiger partial charge in [0.2, 0.25) is 0 Å². The number of nitrogen functional groups attached to an aromatic ring is 1. The molecule has 0 aliphatic rings. The van der Waals surface area contributed by atoms with Gasteiger partial charge in [0.1, 0.15) is 6.07 Å². The van der Waals surface area contributed by atoms with E-state index in [0.717, 1.165) is 11.8 Å². The smallest absolute Gasteiger partial charge is 0.336 e. The third kappa shape index (κ3) is 4.70. The van der Waals surface area contributed by atoms with Crippen molar-refractivity contribution in [3.63, 3.8) is 0 Å². The first-order valence-corrected chi connectivity index (χ1v) is 7.71. The minimum atomic E-state index is -1.20. The van der Waals surface area contributed by atoms with Crippen LogP contribution in [0.1, 0.15) is 32.0 Å². The van der Waals surface area contributed by atoms with Gasteiger partial charge in [-0.2, -0.15) is 10.4 Å². The van der Waals surface area contributed by atoms with Crippen molar-refractivity contribution in [3.8, 4) is 11.8 Å². The first-order valence-electron chi connectivity index (χ1n) is 7.71.